The van der Waals surface area contributed by atoms with Crippen LogP contribution in [0.1, 0.15) is 26.7 Å². The highest BCUT2D eigenvalue weighted by atomic mass is 16.5. The number of hydrogen-bond donors (Lipinski definition) is 2. The van der Waals surface area contributed by atoms with Crippen LogP contribution in [0.3, 0.4) is 0 Å². The average molecular weight is 306 g/mol. The van der Waals surface area contributed by atoms with E-state index in [0.717, 1.165) is 24.3 Å². The predicted octanol–water partition coefficient (Wildman–Crippen LogP) is 2.96. The molecule has 1 aliphatic rings. The Morgan fingerprint density at radius 3 is 2.77 bits per heavy atom. The topological polar surface area (TPSA) is 61.8 Å². The monoisotopic (exact) mass is 306 g/mol. The van der Waals surface area contributed by atoms with Crippen molar-refractivity contribution < 1.29 is 14.6 Å². The molecule has 2 amide bonds. The molecule has 5 heteroatoms. The largest absolute Gasteiger partial charge is 0.493 e. The molecule has 1 heterocycles. The molecule has 1 aromatic rings. The van der Waals surface area contributed by atoms with E-state index in [9.17, 15) is 4.79 Å². The van der Waals surface area contributed by atoms with Gasteiger partial charge in [0.15, 0.2) is 0 Å². The Balaban J connectivity index is 1.87. The van der Waals surface area contributed by atoms with Gasteiger partial charge in [-0.2, -0.15) is 0 Å². The lowest BCUT2D eigenvalue weighted by Gasteiger charge is -2.31. The molecule has 0 aliphatic carbocycles. The minimum absolute atomic E-state index is 0.0857. The maximum atomic E-state index is 12.3. The number of carbonyl (C=O) groups is 1. The molecule has 0 spiro atoms. The normalized spacial score (nSPS) is 15.9. The number of anilines is 1. The second-order valence-corrected chi connectivity index (χ2v) is 6.28. The molecular formula is C17H26N2O3. The number of aliphatic hydroxyl groups is 1. The highest BCUT2D eigenvalue weighted by Crippen LogP contribution is 2.20. The van der Waals surface area contributed by atoms with E-state index >= 15 is 0 Å². The van der Waals surface area contributed by atoms with E-state index in [4.69, 9.17) is 9.84 Å². The number of carbonyl (C=O) groups excluding carboxylic acids is 1. The number of hydrogen-bond acceptors (Lipinski definition) is 3. The highest BCUT2D eigenvalue weighted by Gasteiger charge is 2.22. The lowest BCUT2D eigenvalue weighted by Crippen LogP contribution is -2.41. The summed E-state index contributed by atoms with van der Waals surface area (Å²) in [7, 11) is 0. The molecule has 1 aliphatic heterocycles. The van der Waals surface area contributed by atoms with Crippen LogP contribution in [-0.2, 0) is 0 Å². The minimum Gasteiger partial charge on any atom is -0.493 e. The van der Waals surface area contributed by atoms with Gasteiger partial charge in [0.1, 0.15) is 5.75 Å². The van der Waals surface area contributed by atoms with Gasteiger partial charge in [0.05, 0.1) is 6.61 Å². The zero-order chi connectivity index (χ0) is 15.9. The van der Waals surface area contributed by atoms with Crippen LogP contribution in [-0.4, -0.2) is 42.3 Å². The predicted molar refractivity (Wildman–Crippen MR) is 87.2 cm³/mol. The van der Waals surface area contributed by atoms with Crippen molar-refractivity contribution in [2.24, 2.45) is 11.8 Å². The Morgan fingerprint density at radius 2 is 2.14 bits per heavy atom. The summed E-state index contributed by atoms with van der Waals surface area (Å²) in [5.74, 6) is 1.56. The number of urea groups is 1. The summed E-state index contributed by atoms with van der Waals surface area (Å²) in [6, 6.07) is 7.40. The minimum atomic E-state index is -0.0857. The van der Waals surface area contributed by atoms with Gasteiger partial charge in [-0.3, -0.25) is 0 Å². The fourth-order valence-electron chi connectivity index (χ4n) is 2.45. The lowest BCUT2D eigenvalue weighted by molar-refractivity contribution is 0.143. The smallest absolute Gasteiger partial charge is 0.321 e. The van der Waals surface area contributed by atoms with Crippen LogP contribution in [0.2, 0.25) is 0 Å². The first-order chi connectivity index (χ1) is 10.6. The molecule has 122 valence electrons. The van der Waals surface area contributed by atoms with E-state index in [0.29, 0.717) is 31.5 Å². The third-order valence-corrected chi connectivity index (χ3v) is 3.83. The first-order valence-electron chi connectivity index (χ1n) is 7.98. The maximum absolute atomic E-state index is 12.3. The summed E-state index contributed by atoms with van der Waals surface area (Å²) in [6.07, 6.45) is 1.73. The molecule has 0 unspecified atom stereocenters. The first kappa shape index (κ1) is 16.6. The van der Waals surface area contributed by atoms with Crippen molar-refractivity contribution in [3.05, 3.63) is 24.3 Å². The summed E-state index contributed by atoms with van der Waals surface area (Å²) in [4.78, 5) is 14.1. The Kier molecular flexibility index (Phi) is 6.07. The van der Waals surface area contributed by atoms with Crippen molar-refractivity contribution in [2.45, 2.75) is 26.7 Å². The molecular weight excluding hydrogens is 280 g/mol. The third-order valence-electron chi connectivity index (χ3n) is 3.83. The zero-order valence-electron chi connectivity index (χ0n) is 13.4. The van der Waals surface area contributed by atoms with E-state index < -0.39 is 0 Å². The second kappa shape index (κ2) is 8.03. The van der Waals surface area contributed by atoms with E-state index in [1.165, 1.54) is 0 Å². The molecule has 0 saturated carbocycles. The summed E-state index contributed by atoms with van der Waals surface area (Å²) >= 11 is 0. The molecule has 5 nitrogen and oxygen atoms in total. The van der Waals surface area contributed by atoms with Crippen LogP contribution in [0.5, 0.6) is 5.75 Å². The van der Waals surface area contributed by atoms with Gasteiger partial charge in [0.2, 0.25) is 0 Å². The van der Waals surface area contributed by atoms with Gasteiger partial charge < -0.3 is 20.1 Å². The molecule has 0 bridgehead atoms. The molecule has 22 heavy (non-hydrogen) atoms. The number of nitrogens with one attached hydrogen (secondary N) is 1. The summed E-state index contributed by atoms with van der Waals surface area (Å²) in [5, 5.41) is 12.1. The number of amides is 2. The average Bonchev–Trinajstić information content (AvgIpc) is 2.53. The fraction of sp³-hybridized carbons (Fsp3) is 0.588. The second-order valence-electron chi connectivity index (χ2n) is 6.28. The van der Waals surface area contributed by atoms with Gasteiger partial charge in [0.25, 0.3) is 0 Å². The Hall–Kier alpha value is -1.75. The van der Waals surface area contributed by atoms with Crippen molar-refractivity contribution in [3.63, 3.8) is 0 Å². The fourth-order valence-corrected chi connectivity index (χ4v) is 2.45. The van der Waals surface area contributed by atoms with Gasteiger partial charge in [-0.25, -0.2) is 4.79 Å². The van der Waals surface area contributed by atoms with E-state index in [1.54, 1.807) is 4.90 Å². The van der Waals surface area contributed by atoms with Gasteiger partial charge in [-0.05, 0) is 36.8 Å². The van der Waals surface area contributed by atoms with Crippen molar-refractivity contribution >= 4 is 11.7 Å². The third kappa shape index (κ3) is 4.91. The van der Waals surface area contributed by atoms with E-state index in [1.807, 2.05) is 24.3 Å². The van der Waals surface area contributed by atoms with Crippen molar-refractivity contribution in [1.29, 1.82) is 0 Å². The van der Waals surface area contributed by atoms with Gasteiger partial charge in [-0.15, -0.1) is 0 Å². The van der Waals surface area contributed by atoms with Crippen molar-refractivity contribution in [3.8, 4) is 5.75 Å². The molecule has 0 radical (unpaired) electrons. The Labute approximate surface area is 132 Å². The number of ether oxygens (including phenoxy) is 1. The Bertz CT molecular complexity index is 483. The van der Waals surface area contributed by atoms with Gasteiger partial charge >= 0.3 is 6.03 Å². The molecule has 2 N–H and O–H groups in total. The van der Waals surface area contributed by atoms with Gasteiger partial charge in [0, 0.05) is 31.5 Å². The SMILES string of the molecule is CC(C)COc1cccc(NC(=O)N2CCC(CO)CC2)c1. The first-order valence-corrected chi connectivity index (χ1v) is 7.98. The molecule has 1 saturated heterocycles. The number of benzene rings is 1. The summed E-state index contributed by atoms with van der Waals surface area (Å²) in [5.41, 5.74) is 0.746. The molecule has 1 aromatic carbocycles. The number of likely N-dealkylation sites (tertiary alicyclic amines) is 1. The highest BCUT2D eigenvalue weighted by molar-refractivity contribution is 5.89. The van der Waals surface area contributed by atoms with Crippen LogP contribution in [0.15, 0.2) is 24.3 Å². The summed E-state index contributed by atoms with van der Waals surface area (Å²) in [6.45, 7) is 6.46. The number of piperidine rings is 1. The number of nitrogens with zero attached hydrogens (tertiary/aromatic N) is 1. The number of rotatable bonds is 5. The van der Waals surface area contributed by atoms with Crippen LogP contribution in [0.4, 0.5) is 10.5 Å². The maximum Gasteiger partial charge on any atom is 0.321 e. The molecule has 0 atom stereocenters. The lowest BCUT2D eigenvalue weighted by atomic mass is 9.98. The van der Waals surface area contributed by atoms with Crippen LogP contribution < -0.4 is 10.1 Å². The summed E-state index contributed by atoms with van der Waals surface area (Å²) < 4.78 is 5.67. The molecule has 1 fully saturated rings. The van der Waals surface area contributed by atoms with Crippen molar-refractivity contribution in [2.75, 3.05) is 31.6 Å². The quantitative estimate of drug-likeness (QED) is 0.879. The van der Waals surface area contributed by atoms with Crippen LogP contribution >= 0.6 is 0 Å². The number of aliphatic hydroxyl groups excluding tert-OH is 1. The van der Waals surface area contributed by atoms with Gasteiger partial charge in [-0.1, -0.05) is 19.9 Å². The van der Waals surface area contributed by atoms with Crippen molar-refractivity contribution in [1.82, 2.24) is 4.90 Å². The Morgan fingerprint density at radius 1 is 1.41 bits per heavy atom. The van der Waals surface area contributed by atoms with E-state index in [2.05, 4.69) is 19.2 Å². The van der Waals surface area contributed by atoms with Crippen LogP contribution in [0, 0.1) is 11.8 Å². The standard InChI is InChI=1S/C17H26N2O3/c1-13(2)12-22-16-5-3-4-15(10-16)18-17(21)19-8-6-14(11-20)7-9-19/h3-5,10,13-14,20H,6-9,11-12H2,1-2H3,(H,18,21). The van der Waals surface area contributed by atoms with E-state index in [-0.39, 0.29) is 12.6 Å². The molecule has 0 aromatic heterocycles. The molecule has 2 rings (SSSR count). The zero-order valence-corrected chi connectivity index (χ0v) is 13.4. The van der Waals surface area contributed by atoms with Crippen LogP contribution in [0.25, 0.3) is 0 Å².